The van der Waals surface area contributed by atoms with Gasteiger partial charge < -0.3 is 15.5 Å². The first kappa shape index (κ1) is 28.2. The van der Waals surface area contributed by atoms with Gasteiger partial charge in [-0.2, -0.15) is 0 Å². The number of benzene rings is 2. The summed E-state index contributed by atoms with van der Waals surface area (Å²) in [5.74, 6) is -1.74. The van der Waals surface area contributed by atoms with Gasteiger partial charge >= 0.3 is 0 Å². The molecule has 1 fully saturated rings. The van der Waals surface area contributed by atoms with Gasteiger partial charge in [-0.1, -0.05) is 50.7 Å². The quantitative estimate of drug-likeness (QED) is 0.258. The number of amides is 1. The Bertz CT molecular complexity index is 1040. The van der Waals surface area contributed by atoms with Crippen LogP contribution in [0.15, 0.2) is 41.3 Å². The Morgan fingerprint density at radius 3 is 2.63 bits per heavy atom. The summed E-state index contributed by atoms with van der Waals surface area (Å²) >= 11 is 9.39. The van der Waals surface area contributed by atoms with Crippen LogP contribution in [-0.4, -0.2) is 56.2 Å². The molecule has 4 unspecified atom stereocenters. The smallest absolute Gasteiger partial charge is 0.255 e. The second-order valence-electron chi connectivity index (χ2n) is 8.78. The number of halogens is 3. The van der Waals surface area contributed by atoms with E-state index in [1.54, 1.807) is 24.1 Å². The van der Waals surface area contributed by atoms with Crippen molar-refractivity contribution in [1.82, 2.24) is 4.31 Å². The fourth-order valence-corrected chi connectivity index (χ4v) is 6.71. The standard InChI is InChI=1S/C25H31ClF2N2O3S2/c1-4-15(2)25(33,23(31)14-30-10-5-11-34-30)16(3)35-22-12-17(6-8-19(22)26)24(32)29-18-7-9-20(27)21(28)13-18/h6-9,12-13,15-16,23,31,33H,4-5,10-11,14H2,1-3H3,(H,29,32). The molecule has 0 saturated carbocycles. The van der Waals surface area contributed by atoms with Crippen LogP contribution in [0.5, 0.6) is 0 Å². The highest BCUT2D eigenvalue weighted by Crippen LogP contribution is 2.41. The van der Waals surface area contributed by atoms with E-state index in [1.165, 1.54) is 23.9 Å². The molecule has 3 rings (SSSR count). The van der Waals surface area contributed by atoms with Gasteiger partial charge in [0.15, 0.2) is 11.6 Å². The van der Waals surface area contributed by atoms with E-state index in [4.69, 9.17) is 11.6 Å². The molecular weight excluding hydrogens is 514 g/mol. The van der Waals surface area contributed by atoms with Crippen molar-refractivity contribution in [2.45, 2.75) is 55.5 Å². The van der Waals surface area contributed by atoms with Gasteiger partial charge in [0, 0.05) is 46.3 Å². The van der Waals surface area contributed by atoms with Crippen molar-refractivity contribution in [2.24, 2.45) is 5.92 Å². The number of nitrogens with zero attached hydrogens (tertiary/aromatic N) is 1. The number of nitrogens with one attached hydrogen (secondary N) is 1. The molecule has 3 N–H and O–H groups in total. The molecule has 2 aromatic rings. The minimum absolute atomic E-state index is 0.125. The largest absolute Gasteiger partial charge is 0.389 e. The zero-order valence-corrected chi connectivity index (χ0v) is 22.3. The number of hydrogen-bond donors (Lipinski definition) is 3. The predicted octanol–water partition coefficient (Wildman–Crippen LogP) is 5.84. The van der Waals surface area contributed by atoms with Gasteiger partial charge in [0.25, 0.3) is 5.91 Å². The van der Waals surface area contributed by atoms with Crippen LogP contribution < -0.4 is 5.32 Å². The summed E-state index contributed by atoms with van der Waals surface area (Å²) in [4.78, 5) is 13.3. The zero-order chi connectivity index (χ0) is 25.8. The SMILES string of the molecule is CCC(C)C(O)(C(O)CN1CCCS1)C(C)Sc1cc(C(=O)Nc2ccc(F)c(F)c2)ccc1Cl. The molecule has 4 atom stereocenters. The number of carbonyl (C=O) groups excluding carboxylic acids is 1. The van der Waals surface area contributed by atoms with Crippen LogP contribution in [0.1, 0.15) is 44.0 Å². The lowest BCUT2D eigenvalue weighted by molar-refractivity contribution is -0.111. The lowest BCUT2D eigenvalue weighted by Crippen LogP contribution is -2.57. The Morgan fingerprint density at radius 2 is 2.00 bits per heavy atom. The van der Waals surface area contributed by atoms with Crippen LogP contribution in [0, 0.1) is 17.6 Å². The van der Waals surface area contributed by atoms with E-state index in [0.29, 0.717) is 22.9 Å². The van der Waals surface area contributed by atoms with E-state index in [0.717, 1.165) is 30.9 Å². The molecule has 1 aliphatic heterocycles. The molecule has 0 aromatic heterocycles. The maximum atomic E-state index is 13.5. The summed E-state index contributed by atoms with van der Waals surface area (Å²) < 4.78 is 28.8. The second-order valence-corrected chi connectivity index (χ2v) is 11.7. The molecule has 1 amide bonds. The molecule has 10 heteroatoms. The number of β-amino-alcohol motifs (C(OH)–C–C–N with tert-alkyl or cyclic N) is 1. The Morgan fingerprint density at radius 1 is 1.26 bits per heavy atom. The van der Waals surface area contributed by atoms with Gasteiger partial charge in [-0.05, 0) is 42.7 Å². The highest BCUT2D eigenvalue weighted by atomic mass is 35.5. The van der Waals surface area contributed by atoms with Crippen molar-refractivity contribution in [3.8, 4) is 0 Å². The van der Waals surface area contributed by atoms with Crippen LogP contribution in [0.2, 0.25) is 5.02 Å². The Balaban J connectivity index is 1.79. The fraction of sp³-hybridized carbons (Fsp3) is 0.480. The first-order valence-corrected chi connectivity index (χ1v) is 13.8. The minimum atomic E-state index is -1.39. The molecule has 5 nitrogen and oxygen atoms in total. The number of thioether (sulfide) groups is 1. The first-order valence-electron chi connectivity index (χ1n) is 11.6. The third-order valence-corrected chi connectivity index (χ3v) is 9.40. The summed E-state index contributed by atoms with van der Waals surface area (Å²) in [5, 5.41) is 25.4. The van der Waals surface area contributed by atoms with E-state index < -0.39 is 34.5 Å². The van der Waals surface area contributed by atoms with Crippen molar-refractivity contribution in [3.63, 3.8) is 0 Å². The molecule has 0 spiro atoms. The van der Waals surface area contributed by atoms with Crippen LogP contribution in [-0.2, 0) is 0 Å². The first-order chi connectivity index (χ1) is 16.6. The maximum Gasteiger partial charge on any atom is 0.255 e. The van der Waals surface area contributed by atoms with Crippen molar-refractivity contribution in [1.29, 1.82) is 0 Å². The maximum absolute atomic E-state index is 13.5. The van der Waals surface area contributed by atoms with E-state index >= 15 is 0 Å². The monoisotopic (exact) mass is 544 g/mol. The summed E-state index contributed by atoms with van der Waals surface area (Å²) in [5.41, 5.74) is -0.995. The van der Waals surface area contributed by atoms with Crippen LogP contribution in [0.4, 0.5) is 14.5 Å². The van der Waals surface area contributed by atoms with Gasteiger partial charge in [-0.25, -0.2) is 13.1 Å². The van der Waals surface area contributed by atoms with Crippen molar-refractivity contribution in [2.75, 3.05) is 24.2 Å². The molecule has 2 aromatic carbocycles. The summed E-state index contributed by atoms with van der Waals surface area (Å²) in [6.45, 7) is 6.98. The van der Waals surface area contributed by atoms with Crippen LogP contribution in [0.3, 0.4) is 0 Å². The minimum Gasteiger partial charge on any atom is -0.389 e. The number of anilines is 1. The molecule has 1 heterocycles. The molecular formula is C25H31ClF2N2O3S2. The zero-order valence-electron chi connectivity index (χ0n) is 19.9. The van der Waals surface area contributed by atoms with Crippen LogP contribution in [0.25, 0.3) is 0 Å². The summed E-state index contributed by atoms with van der Waals surface area (Å²) in [6, 6.07) is 7.84. The van der Waals surface area contributed by atoms with Crippen LogP contribution >= 0.6 is 35.3 Å². The number of aliphatic hydroxyl groups is 2. The fourth-order valence-electron chi connectivity index (χ4n) is 4.11. The lowest BCUT2D eigenvalue weighted by atomic mass is 9.79. The third kappa shape index (κ3) is 6.70. The Hall–Kier alpha value is -1.36. The predicted molar refractivity (Wildman–Crippen MR) is 140 cm³/mol. The average Bonchev–Trinajstić information content (AvgIpc) is 3.34. The van der Waals surface area contributed by atoms with E-state index in [2.05, 4.69) is 9.62 Å². The Kier molecular flexibility index (Phi) is 9.88. The topological polar surface area (TPSA) is 72.8 Å². The third-order valence-electron chi connectivity index (χ3n) is 6.46. The number of hydrogen-bond acceptors (Lipinski definition) is 6. The van der Waals surface area contributed by atoms with E-state index in [-0.39, 0.29) is 17.2 Å². The number of aliphatic hydroxyl groups excluding tert-OH is 1. The highest BCUT2D eigenvalue weighted by Gasteiger charge is 2.46. The molecule has 0 aliphatic carbocycles. The van der Waals surface area contributed by atoms with Gasteiger partial charge in [-0.3, -0.25) is 4.79 Å². The average molecular weight is 545 g/mol. The lowest BCUT2D eigenvalue weighted by Gasteiger charge is -2.43. The summed E-state index contributed by atoms with van der Waals surface area (Å²) in [7, 11) is 0. The normalized spacial score (nSPS) is 18.6. The molecule has 1 saturated heterocycles. The number of rotatable bonds is 10. The Labute approximate surface area is 218 Å². The van der Waals surface area contributed by atoms with Crippen molar-refractivity contribution < 1.29 is 23.8 Å². The highest BCUT2D eigenvalue weighted by molar-refractivity contribution is 8.00. The summed E-state index contributed by atoms with van der Waals surface area (Å²) in [6.07, 6.45) is 0.762. The van der Waals surface area contributed by atoms with Gasteiger partial charge in [0.1, 0.15) is 5.60 Å². The van der Waals surface area contributed by atoms with E-state index in [1.807, 2.05) is 20.8 Å². The number of carbonyl (C=O) groups is 1. The molecule has 0 radical (unpaired) electrons. The molecule has 192 valence electrons. The van der Waals surface area contributed by atoms with E-state index in [9.17, 15) is 23.8 Å². The molecule has 0 bridgehead atoms. The van der Waals surface area contributed by atoms with Gasteiger partial charge in [-0.15, -0.1) is 11.8 Å². The molecule has 1 aliphatic rings. The van der Waals surface area contributed by atoms with Gasteiger partial charge in [0.2, 0.25) is 0 Å². The van der Waals surface area contributed by atoms with Crippen molar-refractivity contribution in [3.05, 3.63) is 58.6 Å². The second kappa shape index (κ2) is 12.3. The van der Waals surface area contributed by atoms with Crippen molar-refractivity contribution >= 4 is 46.9 Å². The van der Waals surface area contributed by atoms with Gasteiger partial charge in [0.05, 0.1) is 11.1 Å². The molecule has 35 heavy (non-hydrogen) atoms.